The van der Waals surface area contributed by atoms with Crippen LogP contribution >= 0.6 is 0 Å². The summed E-state index contributed by atoms with van der Waals surface area (Å²) in [6.45, 7) is 1.62. The van der Waals surface area contributed by atoms with E-state index in [4.69, 9.17) is 4.74 Å². The molecule has 1 aliphatic heterocycles. The number of non-ortho nitro benzene ring substituents is 1. The first-order valence-corrected chi connectivity index (χ1v) is 10.4. The van der Waals surface area contributed by atoms with Crippen molar-refractivity contribution in [2.45, 2.75) is 25.5 Å². The average Bonchev–Trinajstić information content (AvgIpc) is 3.42. The van der Waals surface area contributed by atoms with Crippen molar-refractivity contribution in [2.24, 2.45) is 0 Å². The number of carbonyl (C=O) groups excluding carboxylic acids is 1. The number of fused-ring (bicyclic) bond motifs is 1. The van der Waals surface area contributed by atoms with Crippen LogP contribution in [0.1, 0.15) is 28.9 Å². The number of hydrogen-bond donors (Lipinski definition) is 1. The maximum absolute atomic E-state index is 13.4. The van der Waals surface area contributed by atoms with Crippen molar-refractivity contribution >= 4 is 28.2 Å². The molecule has 0 radical (unpaired) electrons. The Bertz CT molecular complexity index is 1080. The number of para-hydroxylation sites is 1. The smallest absolute Gasteiger partial charge is 0.293 e. The number of ether oxygens (including phenoxy) is 1. The van der Waals surface area contributed by atoms with Gasteiger partial charge in [0.1, 0.15) is 11.2 Å². The van der Waals surface area contributed by atoms with Crippen molar-refractivity contribution in [3.63, 3.8) is 0 Å². The van der Waals surface area contributed by atoms with Crippen molar-refractivity contribution in [2.75, 3.05) is 32.1 Å². The molecule has 1 unspecified atom stereocenters. The molecular formula is C23H26N4O4. The molecule has 162 valence electrons. The zero-order valence-electron chi connectivity index (χ0n) is 17.7. The van der Waals surface area contributed by atoms with E-state index in [0.29, 0.717) is 36.3 Å². The Morgan fingerprint density at radius 1 is 1.23 bits per heavy atom. The van der Waals surface area contributed by atoms with Crippen LogP contribution in [0.2, 0.25) is 0 Å². The van der Waals surface area contributed by atoms with Crippen molar-refractivity contribution in [1.29, 1.82) is 0 Å². The Balaban J connectivity index is 1.62. The fourth-order valence-corrected chi connectivity index (χ4v) is 3.95. The fourth-order valence-electron chi connectivity index (χ4n) is 3.95. The minimum absolute atomic E-state index is 0.00344. The Labute approximate surface area is 180 Å². The van der Waals surface area contributed by atoms with Gasteiger partial charge in [-0.25, -0.2) is 0 Å². The van der Waals surface area contributed by atoms with Crippen molar-refractivity contribution in [3.05, 3.63) is 69.9 Å². The second kappa shape index (κ2) is 8.77. The standard InChI is InChI=1S/C23H26N4O4/c1-25(2)18-10-8-16(9-11-18)14-26(15-19-6-4-12-31-19)23(28)20-13-17-5-3-7-21(27(29)30)22(17)24-20/h3,5,7-11,13,19,24H,4,6,12,14-15H2,1-2H3. The molecule has 1 aliphatic rings. The largest absolute Gasteiger partial charge is 0.378 e. The number of nitrogens with zero attached hydrogens (tertiary/aromatic N) is 3. The number of benzene rings is 2. The van der Waals surface area contributed by atoms with Gasteiger partial charge in [0.05, 0.1) is 11.0 Å². The first-order valence-electron chi connectivity index (χ1n) is 10.4. The van der Waals surface area contributed by atoms with Gasteiger partial charge in [0.25, 0.3) is 11.6 Å². The highest BCUT2D eigenvalue weighted by Gasteiger charge is 2.26. The van der Waals surface area contributed by atoms with Crippen LogP contribution in [-0.2, 0) is 11.3 Å². The third kappa shape index (κ3) is 4.54. The van der Waals surface area contributed by atoms with Crippen LogP contribution < -0.4 is 4.90 Å². The third-order valence-corrected chi connectivity index (χ3v) is 5.62. The quantitative estimate of drug-likeness (QED) is 0.460. The highest BCUT2D eigenvalue weighted by Crippen LogP contribution is 2.27. The molecule has 0 spiro atoms. The molecular weight excluding hydrogens is 396 g/mol. The normalized spacial score (nSPS) is 15.9. The maximum atomic E-state index is 13.4. The number of hydrogen-bond acceptors (Lipinski definition) is 5. The first-order chi connectivity index (χ1) is 14.9. The monoisotopic (exact) mass is 422 g/mol. The minimum atomic E-state index is -0.441. The molecule has 2 aromatic carbocycles. The summed E-state index contributed by atoms with van der Waals surface area (Å²) in [4.78, 5) is 31.1. The Morgan fingerprint density at radius 3 is 2.65 bits per heavy atom. The van der Waals surface area contributed by atoms with Gasteiger partial charge in [0.2, 0.25) is 0 Å². The zero-order valence-corrected chi connectivity index (χ0v) is 17.7. The molecule has 31 heavy (non-hydrogen) atoms. The molecule has 1 amide bonds. The summed E-state index contributed by atoms with van der Waals surface area (Å²) in [5, 5.41) is 12.0. The summed E-state index contributed by atoms with van der Waals surface area (Å²) in [6.07, 6.45) is 1.91. The van der Waals surface area contributed by atoms with E-state index in [0.717, 1.165) is 24.1 Å². The predicted octanol–water partition coefficient (Wildman–Crippen LogP) is 3.96. The molecule has 1 atom stereocenters. The summed E-state index contributed by atoms with van der Waals surface area (Å²) < 4.78 is 5.77. The van der Waals surface area contributed by atoms with E-state index in [-0.39, 0.29) is 17.7 Å². The molecule has 0 aliphatic carbocycles. The van der Waals surface area contributed by atoms with E-state index in [1.165, 1.54) is 6.07 Å². The van der Waals surface area contributed by atoms with Crippen LogP contribution in [0.5, 0.6) is 0 Å². The van der Waals surface area contributed by atoms with Crippen LogP contribution in [0.25, 0.3) is 10.9 Å². The summed E-state index contributed by atoms with van der Waals surface area (Å²) in [6, 6.07) is 14.6. The lowest BCUT2D eigenvalue weighted by molar-refractivity contribution is -0.383. The number of rotatable bonds is 7. The first kappa shape index (κ1) is 20.9. The highest BCUT2D eigenvalue weighted by atomic mass is 16.6. The average molecular weight is 422 g/mol. The van der Waals surface area contributed by atoms with E-state index < -0.39 is 4.92 Å². The molecule has 0 saturated carbocycles. The van der Waals surface area contributed by atoms with Crippen molar-refractivity contribution in [3.8, 4) is 0 Å². The summed E-state index contributed by atoms with van der Waals surface area (Å²) in [7, 11) is 3.97. The van der Waals surface area contributed by atoms with Gasteiger partial charge < -0.3 is 19.5 Å². The van der Waals surface area contributed by atoms with Gasteiger partial charge in [-0.05, 0) is 36.6 Å². The number of amides is 1. The van der Waals surface area contributed by atoms with Gasteiger partial charge in [-0.15, -0.1) is 0 Å². The predicted molar refractivity (Wildman–Crippen MR) is 119 cm³/mol. The molecule has 3 aromatic rings. The van der Waals surface area contributed by atoms with E-state index in [2.05, 4.69) is 4.98 Å². The summed E-state index contributed by atoms with van der Waals surface area (Å²) in [5.74, 6) is -0.197. The van der Waals surface area contributed by atoms with E-state index >= 15 is 0 Å². The van der Waals surface area contributed by atoms with Crippen molar-refractivity contribution in [1.82, 2.24) is 9.88 Å². The van der Waals surface area contributed by atoms with Crippen LogP contribution in [0.4, 0.5) is 11.4 Å². The summed E-state index contributed by atoms with van der Waals surface area (Å²) >= 11 is 0. The van der Waals surface area contributed by atoms with E-state index in [9.17, 15) is 14.9 Å². The molecule has 0 bridgehead atoms. The third-order valence-electron chi connectivity index (χ3n) is 5.62. The molecule has 2 heterocycles. The number of nitro benzene ring substituents is 1. The summed E-state index contributed by atoms with van der Waals surface area (Å²) in [5.41, 5.74) is 2.76. The van der Waals surface area contributed by atoms with Gasteiger partial charge in [-0.2, -0.15) is 0 Å². The lowest BCUT2D eigenvalue weighted by atomic mass is 10.1. The zero-order chi connectivity index (χ0) is 22.0. The van der Waals surface area contributed by atoms with Crippen LogP contribution in [0.3, 0.4) is 0 Å². The van der Waals surface area contributed by atoms with E-state index in [1.807, 2.05) is 43.3 Å². The maximum Gasteiger partial charge on any atom is 0.293 e. The van der Waals surface area contributed by atoms with Crippen LogP contribution in [-0.4, -0.2) is 54.1 Å². The number of carbonyl (C=O) groups is 1. The van der Waals surface area contributed by atoms with Gasteiger partial charge in [-0.1, -0.05) is 24.3 Å². The number of aromatic nitrogens is 1. The molecule has 1 aromatic heterocycles. The second-order valence-corrected chi connectivity index (χ2v) is 8.06. The number of anilines is 1. The Hall–Kier alpha value is -3.39. The molecule has 1 fully saturated rings. The SMILES string of the molecule is CN(C)c1ccc(CN(CC2CCCO2)C(=O)c2cc3cccc([N+](=O)[O-])c3[nH]2)cc1. The number of H-pyrrole nitrogens is 1. The van der Waals surface area contributed by atoms with E-state index in [1.54, 1.807) is 23.1 Å². The van der Waals surface area contributed by atoms with Gasteiger partial charge in [0.15, 0.2) is 0 Å². The lowest BCUT2D eigenvalue weighted by Crippen LogP contribution is -2.37. The van der Waals surface area contributed by atoms with Gasteiger partial charge >= 0.3 is 0 Å². The van der Waals surface area contributed by atoms with Gasteiger partial charge in [-0.3, -0.25) is 14.9 Å². The Morgan fingerprint density at radius 2 is 2.00 bits per heavy atom. The topological polar surface area (TPSA) is 91.7 Å². The second-order valence-electron chi connectivity index (χ2n) is 8.06. The number of nitro groups is 1. The lowest BCUT2D eigenvalue weighted by Gasteiger charge is -2.25. The molecule has 8 nitrogen and oxygen atoms in total. The van der Waals surface area contributed by atoms with Crippen LogP contribution in [0.15, 0.2) is 48.5 Å². The highest BCUT2D eigenvalue weighted by molar-refractivity contribution is 6.00. The molecule has 1 N–H and O–H groups in total. The minimum Gasteiger partial charge on any atom is -0.378 e. The van der Waals surface area contributed by atoms with Crippen LogP contribution in [0, 0.1) is 10.1 Å². The fraction of sp³-hybridized carbons (Fsp3) is 0.348. The molecule has 8 heteroatoms. The number of nitrogens with one attached hydrogen (secondary N) is 1. The molecule has 1 saturated heterocycles. The van der Waals surface area contributed by atoms with Crippen molar-refractivity contribution < 1.29 is 14.5 Å². The van der Waals surface area contributed by atoms with Gasteiger partial charge in [0, 0.05) is 50.9 Å². The number of aromatic amines is 1. The Kier molecular flexibility index (Phi) is 5.90. The molecule has 4 rings (SSSR count).